The highest BCUT2D eigenvalue weighted by Crippen LogP contribution is 2.46. The highest BCUT2D eigenvalue weighted by Gasteiger charge is 2.41. The number of nitriles is 1. The third-order valence-corrected chi connectivity index (χ3v) is 8.22. The summed E-state index contributed by atoms with van der Waals surface area (Å²) in [5, 5.41) is 21.9. The fourth-order valence-electron chi connectivity index (χ4n) is 4.50. The molecule has 186 valence electrons. The molecule has 3 heterocycles. The van der Waals surface area contributed by atoms with Crippen LogP contribution in [-0.4, -0.2) is 32.6 Å². The molecule has 2 aromatic heterocycles. The first kappa shape index (κ1) is 24.7. The second-order valence-electron chi connectivity index (χ2n) is 8.66. The van der Waals surface area contributed by atoms with Gasteiger partial charge in [0.2, 0.25) is 11.0 Å². The van der Waals surface area contributed by atoms with Crippen molar-refractivity contribution in [3.63, 3.8) is 0 Å². The molecular formula is C26H23N7O2S2. The van der Waals surface area contributed by atoms with E-state index in [-0.39, 0.29) is 28.8 Å². The van der Waals surface area contributed by atoms with Gasteiger partial charge < -0.3 is 11.1 Å². The zero-order valence-electron chi connectivity index (χ0n) is 20.0. The summed E-state index contributed by atoms with van der Waals surface area (Å²) in [5.74, 6) is -0.337. The van der Waals surface area contributed by atoms with Gasteiger partial charge in [0.05, 0.1) is 23.3 Å². The average Bonchev–Trinajstić information content (AvgIpc) is 3.37. The first-order valence-corrected chi connectivity index (χ1v) is 13.5. The van der Waals surface area contributed by atoms with Crippen molar-refractivity contribution in [2.24, 2.45) is 5.73 Å². The van der Waals surface area contributed by atoms with Crippen LogP contribution in [0.1, 0.15) is 36.3 Å². The highest BCUT2D eigenvalue weighted by atomic mass is 32.2. The van der Waals surface area contributed by atoms with Crippen molar-refractivity contribution in [1.82, 2.24) is 15.2 Å². The number of thioether (sulfide) groups is 1. The zero-order valence-corrected chi connectivity index (χ0v) is 21.6. The number of benzene rings is 1. The predicted molar refractivity (Wildman–Crippen MR) is 143 cm³/mol. The number of aromatic nitrogens is 3. The van der Waals surface area contributed by atoms with Gasteiger partial charge in [0.25, 0.3) is 0 Å². The summed E-state index contributed by atoms with van der Waals surface area (Å²) in [7, 11) is 0. The Balaban J connectivity index is 1.40. The number of hydrogen-bond donors (Lipinski definition) is 2. The van der Waals surface area contributed by atoms with Crippen LogP contribution in [0.4, 0.5) is 10.8 Å². The molecule has 1 aliphatic carbocycles. The number of anilines is 2. The van der Waals surface area contributed by atoms with Crippen molar-refractivity contribution in [3.8, 4) is 6.07 Å². The second-order valence-corrected chi connectivity index (χ2v) is 10.8. The first-order valence-electron chi connectivity index (χ1n) is 11.6. The van der Waals surface area contributed by atoms with Gasteiger partial charge in [-0.1, -0.05) is 46.9 Å². The number of pyridine rings is 1. The van der Waals surface area contributed by atoms with E-state index in [1.165, 1.54) is 23.1 Å². The van der Waals surface area contributed by atoms with Crippen molar-refractivity contribution in [2.45, 2.75) is 36.4 Å². The van der Waals surface area contributed by atoms with Gasteiger partial charge in [-0.2, -0.15) is 5.26 Å². The minimum Gasteiger partial charge on any atom is -0.384 e. The number of allylic oxidation sites excluding steroid dienone is 3. The minimum atomic E-state index is -0.565. The summed E-state index contributed by atoms with van der Waals surface area (Å²) in [6.07, 6.45) is 5.03. The van der Waals surface area contributed by atoms with Gasteiger partial charge in [-0.05, 0) is 43.5 Å². The molecular weight excluding hydrogens is 506 g/mol. The van der Waals surface area contributed by atoms with Gasteiger partial charge >= 0.3 is 0 Å². The summed E-state index contributed by atoms with van der Waals surface area (Å²) >= 11 is 2.53. The highest BCUT2D eigenvalue weighted by molar-refractivity contribution is 8.01. The minimum absolute atomic E-state index is 0.00718. The summed E-state index contributed by atoms with van der Waals surface area (Å²) in [6, 6.07) is 13.4. The van der Waals surface area contributed by atoms with Gasteiger partial charge in [-0.25, -0.2) is 0 Å². The first-order chi connectivity index (χ1) is 18.0. The van der Waals surface area contributed by atoms with E-state index in [1.54, 1.807) is 23.4 Å². The number of aryl methyl sites for hydroxylation is 1. The molecule has 9 nitrogen and oxygen atoms in total. The SMILES string of the molecule is Cc1ccc(NC(=O)CSc2nnc(N3C(N)=C(C#N)C(c4cccnc4)C4=C3CCCC4=O)s2)cc1. The fraction of sp³-hybridized carbons (Fsp3) is 0.231. The molecule has 1 amide bonds. The Morgan fingerprint density at radius 1 is 1.27 bits per heavy atom. The molecule has 3 aromatic rings. The molecule has 11 heteroatoms. The normalized spacial score (nSPS) is 17.5. The molecule has 0 fully saturated rings. The van der Waals surface area contributed by atoms with Gasteiger partial charge in [-0.3, -0.25) is 19.5 Å². The summed E-state index contributed by atoms with van der Waals surface area (Å²) in [6.45, 7) is 1.99. The molecule has 5 rings (SSSR count). The summed E-state index contributed by atoms with van der Waals surface area (Å²) in [4.78, 5) is 31.4. The molecule has 1 unspecified atom stereocenters. The van der Waals surface area contributed by atoms with E-state index < -0.39 is 5.92 Å². The van der Waals surface area contributed by atoms with Gasteiger partial charge in [0.1, 0.15) is 5.82 Å². The predicted octanol–water partition coefficient (Wildman–Crippen LogP) is 4.28. The maximum atomic E-state index is 13.1. The van der Waals surface area contributed by atoms with Crippen LogP contribution in [0.2, 0.25) is 0 Å². The summed E-state index contributed by atoms with van der Waals surface area (Å²) in [5.41, 5.74) is 10.7. The van der Waals surface area contributed by atoms with Crippen LogP contribution >= 0.6 is 23.1 Å². The number of nitrogens with two attached hydrogens (primary N) is 1. The van der Waals surface area contributed by atoms with E-state index in [0.717, 1.165) is 22.5 Å². The number of carbonyl (C=O) groups is 2. The number of carbonyl (C=O) groups excluding carboxylic acids is 2. The van der Waals surface area contributed by atoms with Gasteiger partial charge in [-0.15, -0.1) is 10.2 Å². The molecule has 37 heavy (non-hydrogen) atoms. The standard InChI is InChI=1S/C26H23N7O2S2/c1-15-7-9-17(10-8-15)30-21(35)14-36-26-32-31-25(37-26)33-19-5-2-6-20(34)23(19)22(18(12-27)24(33)28)16-4-3-11-29-13-16/h3-4,7-11,13,22H,2,5-6,14,28H2,1H3,(H,30,35). The maximum absolute atomic E-state index is 13.1. The lowest BCUT2D eigenvalue weighted by molar-refractivity contribution is -0.116. The van der Waals surface area contributed by atoms with Crippen LogP contribution in [0.5, 0.6) is 0 Å². The van der Waals surface area contributed by atoms with Crippen LogP contribution in [0, 0.1) is 18.3 Å². The molecule has 1 aliphatic heterocycles. The molecule has 0 spiro atoms. The zero-order chi connectivity index (χ0) is 25.9. The Morgan fingerprint density at radius 2 is 2.08 bits per heavy atom. The lowest BCUT2D eigenvalue weighted by Gasteiger charge is -2.37. The van der Waals surface area contributed by atoms with Crippen molar-refractivity contribution in [2.75, 3.05) is 16.0 Å². The van der Waals surface area contributed by atoms with E-state index in [9.17, 15) is 14.9 Å². The number of amides is 1. The van der Waals surface area contributed by atoms with E-state index in [2.05, 4.69) is 26.6 Å². The van der Waals surface area contributed by atoms with Crippen molar-refractivity contribution < 1.29 is 9.59 Å². The number of ketones is 1. The number of nitrogens with zero attached hydrogens (tertiary/aromatic N) is 5. The van der Waals surface area contributed by atoms with Crippen molar-refractivity contribution >= 4 is 45.6 Å². The molecule has 0 saturated heterocycles. The Bertz CT molecular complexity index is 1460. The van der Waals surface area contributed by atoms with E-state index in [0.29, 0.717) is 34.3 Å². The average molecular weight is 530 g/mol. The van der Waals surface area contributed by atoms with Gasteiger partial charge in [0.15, 0.2) is 10.1 Å². The summed E-state index contributed by atoms with van der Waals surface area (Å²) < 4.78 is 0.582. The lowest BCUT2D eigenvalue weighted by Crippen LogP contribution is -2.38. The second kappa shape index (κ2) is 10.5. The van der Waals surface area contributed by atoms with Crippen molar-refractivity contribution in [1.29, 1.82) is 5.26 Å². The molecule has 0 saturated carbocycles. The van der Waals surface area contributed by atoms with Gasteiger partial charge in [0, 0.05) is 35.8 Å². The Morgan fingerprint density at radius 3 is 2.81 bits per heavy atom. The number of nitrogens with one attached hydrogen (secondary N) is 1. The quantitative estimate of drug-likeness (QED) is 0.448. The Kier molecular flexibility index (Phi) is 7.03. The number of rotatable bonds is 6. The van der Waals surface area contributed by atoms with Crippen molar-refractivity contribution in [3.05, 3.63) is 82.6 Å². The topological polar surface area (TPSA) is 138 Å². The molecule has 2 aliphatic rings. The smallest absolute Gasteiger partial charge is 0.234 e. The van der Waals surface area contributed by atoms with Crippen LogP contribution < -0.4 is 16.0 Å². The van der Waals surface area contributed by atoms with Crippen LogP contribution in [0.3, 0.4) is 0 Å². The maximum Gasteiger partial charge on any atom is 0.234 e. The number of Topliss-reactive ketones (excluding diaryl/α,β-unsaturated/α-hetero) is 1. The number of hydrogen-bond acceptors (Lipinski definition) is 10. The Hall–Kier alpha value is -4.01. The fourth-order valence-corrected chi connectivity index (χ4v) is 6.18. The molecule has 1 aromatic carbocycles. The van der Waals surface area contributed by atoms with Crippen LogP contribution in [-0.2, 0) is 9.59 Å². The molecule has 1 atom stereocenters. The van der Waals surface area contributed by atoms with E-state index >= 15 is 0 Å². The molecule has 3 N–H and O–H groups in total. The lowest BCUT2D eigenvalue weighted by atomic mass is 9.76. The molecule has 0 radical (unpaired) electrons. The monoisotopic (exact) mass is 529 g/mol. The third-order valence-electron chi connectivity index (χ3n) is 6.18. The van der Waals surface area contributed by atoms with E-state index in [4.69, 9.17) is 5.73 Å². The third kappa shape index (κ3) is 4.98. The largest absolute Gasteiger partial charge is 0.384 e. The van der Waals surface area contributed by atoms with Crippen LogP contribution in [0.25, 0.3) is 0 Å². The molecule has 0 bridgehead atoms. The Labute approximate surface area is 222 Å². The van der Waals surface area contributed by atoms with E-state index in [1.807, 2.05) is 37.3 Å². The van der Waals surface area contributed by atoms with Crippen LogP contribution in [0.15, 0.2) is 75.8 Å².